The number of benzene rings is 3. The Morgan fingerprint density at radius 1 is 0.893 bits per heavy atom. The topological polar surface area (TPSA) is 78.4 Å². The lowest BCUT2D eigenvalue weighted by Crippen LogP contribution is -2.30. The van der Waals surface area contributed by atoms with E-state index in [4.69, 9.17) is 11.6 Å². The molecule has 2 amide bonds. The number of carbonyl (C=O) groups is 2. The Bertz CT molecular complexity index is 1030. The molecular weight excluding hydrogens is 376 g/mol. The van der Waals surface area contributed by atoms with Gasteiger partial charge in [0.05, 0.1) is 0 Å². The van der Waals surface area contributed by atoms with Crippen molar-refractivity contribution in [2.45, 2.75) is 0 Å². The van der Waals surface area contributed by atoms with Crippen LogP contribution in [0.5, 0.6) is 5.75 Å². The van der Waals surface area contributed by atoms with E-state index in [1.807, 2.05) is 0 Å². The second kappa shape index (κ2) is 8.88. The average Bonchev–Trinajstić information content (AvgIpc) is 2.69. The Balaban J connectivity index is 1.91. The van der Waals surface area contributed by atoms with Gasteiger partial charge >= 0.3 is 0 Å². The zero-order chi connectivity index (χ0) is 19.9. The largest absolute Gasteiger partial charge is 0.508 e. The molecule has 3 aromatic carbocycles. The van der Waals surface area contributed by atoms with Gasteiger partial charge in [0.2, 0.25) is 0 Å². The molecule has 140 valence electrons. The van der Waals surface area contributed by atoms with Gasteiger partial charge in [-0.25, -0.2) is 0 Å². The van der Waals surface area contributed by atoms with Crippen molar-refractivity contribution in [3.8, 4) is 5.75 Å². The molecule has 0 radical (unpaired) electrons. The predicted molar refractivity (Wildman–Crippen MR) is 110 cm³/mol. The minimum Gasteiger partial charge on any atom is -0.508 e. The highest BCUT2D eigenvalue weighted by Gasteiger charge is 2.15. The standard InChI is InChI=1S/C22H17ClN2O3/c23-19-12-5-4-9-16(19)13-20(25-21(27)15-7-2-1-3-8-15)22(28)24-17-10-6-11-18(26)14-17/h1-14,26H,(H,24,28)(H,25,27). The fraction of sp³-hybridized carbons (Fsp3) is 0. The monoisotopic (exact) mass is 392 g/mol. The lowest BCUT2D eigenvalue weighted by Gasteiger charge is -2.12. The lowest BCUT2D eigenvalue weighted by atomic mass is 10.1. The van der Waals surface area contributed by atoms with Crippen LogP contribution in [-0.4, -0.2) is 16.9 Å². The summed E-state index contributed by atoms with van der Waals surface area (Å²) in [7, 11) is 0. The van der Waals surface area contributed by atoms with Crippen molar-refractivity contribution in [1.29, 1.82) is 0 Å². The van der Waals surface area contributed by atoms with Crippen molar-refractivity contribution >= 4 is 35.2 Å². The average molecular weight is 393 g/mol. The number of rotatable bonds is 5. The molecule has 3 rings (SSSR count). The summed E-state index contributed by atoms with van der Waals surface area (Å²) in [5.74, 6) is -0.956. The van der Waals surface area contributed by atoms with E-state index in [0.717, 1.165) is 0 Å². The van der Waals surface area contributed by atoms with E-state index in [1.165, 1.54) is 18.2 Å². The van der Waals surface area contributed by atoms with Gasteiger partial charge in [0.25, 0.3) is 11.8 Å². The molecule has 0 unspecified atom stereocenters. The first-order valence-electron chi connectivity index (χ1n) is 8.46. The van der Waals surface area contributed by atoms with Crippen molar-refractivity contribution < 1.29 is 14.7 Å². The highest BCUT2D eigenvalue weighted by atomic mass is 35.5. The van der Waals surface area contributed by atoms with Crippen LogP contribution in [0.1, 0.15) is 15.9 Å². The predicted octanol–water partition coefficient (Wildman–Crippen LogP) is 4.46. The van der Waals surface area contributed by atoms with Crippen molar-refractivity contribution in [3.63, 3.8) is 0 Å². The number of aromatic hydroxyl groups is 1. The van der Waals surface area contributed by atoms with Crippen LogP contribution >= 0.6 is 11.6 Å². The third-order valence-electron chi connectivity index (χ3n) is 3.84. The first-order valence-corrected chi connectivity index (χ1v) is 8.84. The number of phenolic OH excluding ortho intramolecular Hbond substituents is 1. The molecule has 6 heteroatoms. The minimum absolute atomic E-state index is 0.0164. The van der Waals surface area contributed by atoms with Gasteiger partial charge < -0.3 is 15.7 Å². The van der Waals surface area contributed by atoms with E-state index >= 15 is 0 Å². The first kappa shape index (κ1) is 19.2. The molecule has 0 saturated carbocycles. The number of phenols is 1. The maximum atomic E-state index is 12.8. The summed E-state index contributed by atoms with van der Waals surface area (Å²) in [5.41, 5.74) is 1.41. The summed E-state index contributed by atoms with van der Waals surface area (Å²) < 4.78 is 0. The number of hydrogen-bond acceptors (Lipinski definition) is 3. The summed E-state index contributed by atoms with van der Waals surface area (Å²) in [4.78, 5) is 25.3. The Kier molecular flexibility index (Phi) is 6.09. The molecular formula is C22H17ClN2O3. The maximum absolute atomic E-state index is 12.8. The van der Waals surface area contributed by atoms with Gasteiger partial charge in [-0.2, -0.15) is 0 Å². The lowest BCUT2D eigenvalue weighted by molar-refractivity contribution is -0.113. The zero-order valence-corrected chi connectivity index (χ0v) is 15.5. The summed E-state index contributed by atoms with van der Waals surface area (Å²) in [6, 6.07) is 21.7. The molecule has 0 heterocycles. The Labute approximate surface area is 167 Å². The van der Waals surface area contributed by atoms with E-state index in [1.54, 1.807) is 66.7 Å². The SMILES string of the molecule is O=C(Nc1cccc(O)c1)C(=Cc1ccccc1Cl)NC(=O)c1ccccc1. The number of nitrogens with one attached hydrogen (secondary N) is 2. The number of amides is 2. The third-order valence-corrected chi connectivity index (χ3v) is 4.18. The molecule has 3 aromatic rings. The van der Waals surface area contributed by atoms with Gasteiger partial charge in [0.15, 0.2) is 0 Å². The number of hydrogen-bond donors (Lipinski definition) is 3. The van der Waals surface area contributed by atoms with Crippen LogP contribution in [0.2, 0.25) is 5.02 Å². The number of carbonyl (C=O) groups excluding carboxylic acids is 2. The zero-order valence-electron chi connectivity index (χ0n) is 14.7. The van der Waals surface area contributed by atoms with E-state index in [0.29, 0.717) is 21.8 Å². The Hall–Kier alpha value is -3.57. The molecule has 0 bridgehead atoms. The molecule has 0 aliphatic rings. The fourth-order valence-electron chi connectivity index (χ4n) is 2.47. The summed E-state index contributed by atoms with van der Waals surface area (Å²) >= 11 is 6.19. The molecule has 0 aromatic heterocycles. The maximum Gasteiger partial charge on any atom is 0.272 e. The third kappa shape index (κ3) is 4.99. The Morgan fingerprint density at radius 3 is 2.32 bits per heavy atom. The summed E-state index contributed by atoms with van der Waals surface area (Å²) in [6.45, 7) is 0. The van der Waals surface area contributed by atoms with Gasteiger partial charge in [0, 0.05) is 22.3 Å². The highest BCUT2D eigenvalue weighted by Crippen LogP contribution is 2.20. The van der Waals surface area contributed by atoms with Crippen molar-refractivity contribution in [1.82, 2.24) is 5.32 Å². The quantitative estimate of drug-likeness (QED) is 0.561. The molecule has 0 spiro atoms. The van der Waals surface area contributed by atoms with Gasteiger partial charge in [-0.1, -0.05) is 54.1 Å². The van der Waals surface area contributed by atoms with Gasteiger partial charge in [-0.3, -0.25) is 9.59 Å². The van der Waals surface area contributed by atoms with Crippen molar-refractivity contribution in [2.75, 3.05) is 5.32 Å². The molecule has 0 aliphatic heterocycles. The van der Waals surface area contributed by atoms with E-state index in [9.17, 15) is 14.7 Å². The van der Waals surface area contributed by atoms with E-state index in [-0.39, 0.29) is 11.4 Å². The van der Waals surface area contributed by atoms with Gasteiger partial charge in [-0.05, 0) is 42.0 Å². The molecule has 5 nitrogen and oxygen atoms in total. The van der Waals surface area contributed by atoms with Crippen LogP contribution in [0.4, 0.5) is 5.69 Å². The molecule has 0 aliphatic carbocycles. The molecule has 3 N–H and O–H groups in total. The van der Waals surface area contributed by atoms with Crippen LogP contribution in [0, 0.1) is 0 Å². The minimum atomic E-state index is -0.546. The van der Waals surface area contributed by atoms with Gasteiger partial charge in [-0.15, -0.1) is 0 Å². The number of halogens is 1. The van der Waals surface area contributed by atoms with Crippen LogP contribution < -0.4 is 10.6 Å². The van der Waals surface area contributed by atoms with Crippen LogP contribution in [-0.2, 0) is 4.79 Å². The molecule has 0 saturated heterocycles. The van der Waals surface area contributed by atoms with E-state index < -0.39 is 11.8 Å². The van der Waals surface area contributed by atoms with Crippen LogP contribution in [0.25, 0.3) is 6.08 Å². The smallest absolute Gasteiger partial charge is 0.272 e. The second-order valence-electron chi connectivity index (χ2n) is 5.90. The van der Waals surface area contributed by atoms with Gasteiger partial charge in [0.1, 0.15) is 11.4 Å². The first-order chi connectivity index (χ1) is 13.5. The van der Waals surface area contributed by atoms with E-state index in [2.05, 4.69) is 10.6 Å². The highest BCUT2D eigenvalue weighted by molar-refractivity contribution is 6.32. The molecule has 0 atom stereocenters. The normalized spacial score (nSPS) is 11.0. The fourth-order valence-corrected chi connectivity index (χ4v) is 2.66. The Morgan fingerprint density at radius 2 is 1.61 bits per heavy atom. The van der Waals surface area contributed by atoms with Crippen LogP contribution in [0.15, 0.2) is 84.6 Å². The van der Waals surface area contributed by atoms with Crippen molar-refractivity contribution in [3.05, 3.63) is 101 Å². The number of anilines is 1. The van der Waals surface area contributed by atoms with Crippen LogP contribution in [0.3, 0.4) is 0 Å². The second-order valence-corrected chi connectivity index (χ2v) is 6.31. The molecule has 0 fully saturated rings. The summed E-state index contributed by atoms with van der Waals surface area (Å²) in [5, 5.41) is 15.3. The molecule has 28 heavy (non-hydrogen) atoms. The summed E-state index contributed by atoms with van der Waals surface area (Å²) in [6.07, 6.45) is 1.50. The van der Waals surface area contributed by atoms with Crippen molar-refractivity contribution in [2.24, 2.45) is 0 Å².